The fourth-order valence-electron chi connectivity index (χ4n) is 2.08. The Morgan fingerprint density at radius 1 is 1.09 bits per heavy atom. The SMILES string of the molecule is CNC(=O)NC(=O)[C@H](C)OC(=O)Cc1ccc2ccccc2c1. The zero-order chi connectivity index (χ0) is 16.8. The van der Waals surface area contributed by atoms with E-state index >= 15 is 0 Å². The van der Waals surface area contributed by atoms with Crippen LogP contribution in [0, 0.1) is 0 Å². The monoisotopic (exact) mass is 314 g/mol. The zero-order valence-electron chi connectivity index (χ0n) is 13.0. The van der Waals surface area contributed by atoms with Gasteiger partial charge in [0.25, 0.3) is 5.91 Å². The van der Waals surface area contributed by atoms with Crippen molar-refractivity contribution in [3.05, 3.63) is 48.0 Å². The third-order valence-corrected chi connectivity index (χ3v) is 3.30. The molecular weight excluding hydrogens is 296 g/mol. The lowest BCUT2D eigenvalue weighted by Gasteiger charge is -2.12. The van der Waals surface area contributed by atoms with Crippen LogP contribution in [0.2, 0.25) is 0 Å². The van der Waals surface area contributed by atoms with Crippen LogP contribution in [0.5, 0.6) is 0 Å². The lowest BCUT2D eigenvalue weighted by Crippen LogP contribution is -2.43. The summed E-state index contributed by atoms with van der Waals surface area (Å²) in [7, 11) is 1.39. The molecule has 6 nitrogen and oxygen atoms in total. The highest BCUT2D eigenvalue weighted by Crippen LogP contribution is 2.16. The second-order valence-electron chi connectivity index (χ2n) is 5.06. The zero-order valence-corrected chi connectivity index (χ0v) is 13.0. The van der Waals surface area contributed by atoms with Crippen molar-refractivity contribution in [2.45, 2.75) is 19.4 Å². The highest BCUT2D eigenvalue weighted by atomic mass is 16.5. The molecule has 0 radical (unpaired) electrons. The molecule has 3 amide bonds. The van der Waals surface area contributed by atoms with Gasteiger partial charge in [-0.3, -0.25) is 14.9 Å². The molecule has 0 saturated heterocycles. The number of ether oxygens (including phenoxy) is 1. The number of rotatable bonds is 4. The van der Waals surface area contributed by atoms with E-state index < -0.39 is 24.0 Å². The van der Waals surface area contributed by atoms with Gasteiger partial charge >= 0.3 is 12.0 Å². The number of imide groups is 1. The molecule has 0 saturated carbocycles. The molecule has 2 N–H and O–H groups in total. The van der Waals surface area contributed by atoms with E-state index in [0.29, 0.717) is 0 Å². The summed E-state index contributed by atoms with van der Waals surface area (Å²) < 4.78 is 5.04. The first-order valence-corrected chi connectivity index (χ1v) is 7.19. The second-order valence-corrected chi connectivity index (χ2v) is 5.06. The van der Waals surface area contributed by atoms with E-state index in [1.807, 2.05) is 42.5 Å². The molecule has 0 aromatic heterocycles. The summed E-state index contributed by atoms with van der Waals surface area (Å²) >= 11 is 0. The van der Waals surface area contributed by atoms with Crippen LogP contribution in [-0.2, 0) is 20.7 Å². The van der Waals surface area contributed by atoms with Gasteiger partial charge in [0.2, 0.25) is 0 Å². The van der Waals surface area contributed by atoms with Gasteiger partial charge in [0, 0.05) is 7.05 Å². The molecule has 0 aliphatic rings. The summed E-state index contributed by atoms with van der Waals surface area (Å²) in [5.41, 5.74) is 0.799. The van der Waals surface area contributed by atoms with Crippen molar-refractivity contribution in [1.29, 1.82) is 0 Å². The van der Waals surface area contributed by atoms with E-state index in [0.717, 1.165) is 16.3 Å². The molecule has 0 aliphatic carbocycles. The Morgan fingerprint density at radius 3 is 2.48 bits per heavy atom. The third kappa shape index (κ3) is 4.54. The number of carbonyl (C=O) groups excluding carboxylic acids is 3. The smallest absolute Gasteiger partial charge is 0.321 e. The number of benzene rings is 2. The number of carbonyl (C=O) groups is 3. The van der Waals surface area contributed by atoms with Gasteiger partial charge in [-0.05, 0) is 23.3 Å². The van der Waals surface area contributed by atoms with Gasteiger partial charge in [-0.1, -0.05) is 42.5 Å². The van der Waals surface area contributed by atoms with Crippen molar-refractivity contribution in [2.75, 3.05) is 7.05 Å². The van der Waals surface area contributed by atoms with Crippen LogP contribution in [-0.4, -0.2) is 31.1 Å². The number of urea groups is 1. The summed E-state index contributed by atoms with van der Waals surface area (Å²) in [6, 6.07) is 12.9. The first kappa shape index (κ1) is 16.5. The van der Waals surface area contributed by atoms with Crippen molar-refractivity contribution >= 4 is 28.7 Å². The number of nitrogens with one attached hydrogen (secondary N) is 2. The van der Waals surface area contributed by atoms with E-state index in [9.17, 15) is 14.4 Å². The number of amides is 3. The van der Waals surface area contributed by atoms with E-state index in [1.54, 1.807) is 0 Å². The molecule has 0 fully saturated rings. The Hall–Kier alpha value is -2.89. The number of hydrogen-bond donors (Lipinski definition) is 2. The fourth-order valence-corrected chi connectivity index (χ4v) is 2.08. The normalized spacial score (nSPS) is 11.6. The molecule has 6 heteroatoms. The molecule has 2 aromatic rings. The van der Waals surface area contributed by atoms with Crippen LogP contribution in [0.1, 0.15) is 12.5 Å². The van der Waals surface area contributed by atoms with Gasteiger partial charge in [0.1, 0.15) is 0 Å². The van der Waals surface area contributed by atoms with Gasteiger partial charge in [0.05, 0.1) is 6.42 Å². The van der Waals surface area contributed by atoms with E-state index in [-0.39, 0.29) is 6.42 Å². The Morgan fingerprint density at radius 2 is 1.78 bits per heavy atom. The van der Waals surface area contributed by atoms with Crippen LogP contribution in [0.3, 0.4) is 0 Å². The van der Waals surface area contributed by atoms with Crippen LogP contribution >= 0.6 is 0 Å². The predicted molar refractivity (Wildman–Crippen MR) is 85.8 cm³/mol. The quantitative estimate of drug-likeness (QED) is 0.842. The maximum Gasteiger partial charge on any atom is 0.321 e. The molecule has 0 aliphatic heterocycles. The first-order chi connectivity index (χ1) is 11.0. The van der Waals surface area contributed by atoms with Gasteiger partial charge in [0.15, 0.2) is 6.10 Å². The lowest BCUT2D eigenvalue weighted by molar-refractivity contribution is -0.153. The average molecular weight is 314 g/mol. The van der Waals surface area contributed by atoms with Crippen LogP contribution in [0.15, 0.2) is 42.5 Å². The molecule has 2 rings (SSSR count). The molecule has 0 spiro atoms. The maximum absolute atomic E-state index is 11.9. The second kappa shape index (κ2) is 7.40. The standard InChI is InChI=1S/C17H18N2O4/c1-11(16(21)19-17(22)18-2)23-15(20)10-12-7-8-13-5-3-4-6-14(13)9-12/h3-9,11H,10H2,1-2H3,(H2,18,19,21,22)/t11-/m0/s1. The molecule has 0 bridgehead atoms. The lowest BCUT2D eigenvalue weighted by atomic mass is 10.1. The van der Waals surface area contributed by atoms with Crippen LogP contribution in [0.25, 0.3) is 10.8 Å². The molecule has 0 heterocycles. The number of fused-ring (bicyclic) bond motifs is 1. The molecule has 23 heavy (non-hydrogen) atoms. The number of esters is 1. The third-order valence-electron chi connectivity index (χ3n) is 3.30. The Balaban J connectivity index is 1.95. The molecule has 2 aromatic carbocycles. The van der Waals surface area contributed by atoms with Crippen LogP contribution in [0.4, 0.5) is 4.79 Å². The van der Waals surface area contributed by atoms with Crippen molar-refractivity contribution < 1.29 is 19.1 Å². The van der Waals surface area contributed by atoms with Crippen LogP contribution < -0.4 is 10.6 Å². The summed E-state index contributed by atoms with van der Waals surface area (Å²) in [5.74, 6) is -1.20. The number of hydrogen-bond acceptors (Lipinski definition) is 4. The maximum atomic E-state index is 11.9. The largest absolute Gasteiger partial charge is 0.452 e. The summed E-state index contributed by atoms with van der Waals surface area (Å²) in [6.45, 7) is 1.41. The Kier molecular flexibility index (Phi) is 5.30. The van der Waals surface area contributed by atoms with Crippen molar-refractivity contribution in [1.82, 2.24) is 10.6 Å². The summed E-state index contributed by atoms with van der Waals surface area (Å²) in [4.78, 5) is 34.6. The van der Waals surface area contributed by atoms with Gasteiger partial charge in [-0.15, -0.1) is 0 Å². The Bertz CT molecular complexity index is 742. The van der Waals surface area contributed by atoms with E-state index in [2.05, 4.69) is 10.6 Å². The van der Waals surface area contributed by atoms with Crippen molar-refractivity contribution in [2.24, 2.45) is 0 Å². The minimum absolute atomic E-state index is 0.0580. The molecular formula is C17H18N2O4. The average Bonchev–Trinajstić information content (AvgIpc) is 2.54. The minimum Gasteiger partial charge on any atom is -0.452 e. The summed E-state index contributed by atoms with van der Waals surface area (Å²) in [6.07, 6.45) is -0.983. The molecule has 120 valence electrons. The van der Waals surface area contributed by atoms with Gasteiger partial charge in [-0.2, -0.15) is 0 Å². The van der Waals surface area contributed by atoms with Crippen molar-refractivity contribution in [3.8, 4) is 0 Å². The molecule has 0 unspecified atom stereocenters. The predicted octanol–water partition coefficient (Wildman–Crippen LogP) is 1.77. The first-order valence-electron chi connectivity index (χ1n) is 7.19. The van der Waals surface area contributed by atoms with Gasteiger partial charge in [-0.25, -0.2) is 4.79 Å². The van der Waals surface area contributed by atoms with E-state index in [1.165, 1.54) is 14.0 Å². The summed E-state index contributed by atoms with van der Waals surface area (Å²) in [5, 5.41) is 6.42. The topological polar surface area (TPSA) is 84.5 Å². The minimum atomic E-state index is -1.04. The highest BCUT2D eigenvalue weighted by Gasteiger charge is 2.19. The Labute approximate surface area is 133 Å². The fraction of sp³-hybridized carbons (Fsp3) is 0.235. The van der Waals surface area contributed by atoms with E-state index in [4.69, 9.17) is 4.74 Å². The highest BCUT2D eigenvalue weighted by molar-refractivity contribution is 5.97. The van der Waals surface area contributed by atoms with Crippen molar-refractivity contribution in [3.63, 3.8) is 0 Å². The van der Waals surface area contributed by atoms with Gasteiger partial charge < -0.3 is 10.1 Å². The molecule has 1 atom stereocenters.